The Morgan fingerprint density at radius 2 is 1.90 bits per heavy atom. The second kappa shape index (κ2) is 7.22. The Bertz CT molecular complexity index is 428. The van der Waals surface area contributed by atoms with Gasteiger partial charge in [0, 0.05) is 12.5 Å². The van der Waals surface area contributed by atoms with Crippen LogP contribution in [0.25, 0.3) is 0 Å². The average molecular weight is 283 g/mol. The average Bonchev–Trinajstić information content (AvgIpc) is 2.90. The molecule has 1 aliphatic carbocycles. The Kier molecular flexibility index (Phi) is 5.32. The van der Waals surface area contributed by atoms with Crippen LogP contribution in [0.15, 0.2) is 24.3 Å². The molecule has 0 aromatic heterocycles. The third-order valence-corrected chi connectivity index (χ3v) is 3.51. The predicted molar refractivity (Wildman–Crippen MR) is 71.8 cm³/mol. The molecule has 1 aromatic carbocycles. The summed E-state index contributed by atoms with van der Waals surface area (Å²) in [5, 5.41) is 3.02. The molecule has 0 aliphatic heterocycles. The van der Waals surface area contributed by atoms with Gasteiger partial charge < -0.3 is 10.1 Å². The normalized spacial score (nSPS) is 15.6. The number of halogens is 2. The molecule has 0 bridgehead atoms. The molecule has 2 rings (SSSR count). The van der Waals surface area contributed by atoms with Gasteiger partial charge >= 0.3 is 6.61 Å². The molecule has 0 radical (unpaired) electrons. The molecule has 1 fully saturated rings. The molecule has 20 heavy (non-hydrogen) atoms. The van der Waals surface area contributed by atoms with E-state index in [9.17, 15) is 13.6 Å². The van der Waals surface area contributed by atoms with E-state index in [4.69, 9.17) is 0 Å². The Balaban J connectivity index is 1.74. The second-order valence-corrected chi connectivity index (χ2v) is 5.07. The van der Waals surface area contributed by atoms with Crippen LogP contribution in [0.5, 0.6) is 5.75 Å². The summed E-state index contributed by atoms with van der Waals surface area (Å²) in [5.74, 6) is 0.198. The largest absolute Gasteiger partial charge is 0.435 e. The predicted octanol–water partition coefficient (Wildman–Crippen LogP) is 3.28. The fourth-order valence-corrected chi connectivity index (χ4v) is 2.47. The minimum Gasteiger partial charge on any atom is -0.435 e. The quantitative estimate of drug-likeness (QED) is 0.870. The van der Waals surface area contributed by atoms with Gasteiger partial charge in [0.15, 0.2) is 0 Å². The van der Waals surface area contributed by atoms with E-state index in [1.165, 1.54) is 25.0 Å². The summed E-state index contributed by atoms with van der Waals surface area (Å²) >= 11 is 0. The minimum atomic E-state index is -2.81. The molecule has 3 nitrogen and oxygen atoms in total. The van der Waals surface area contributed by atoms with Crippen molar-refractivity contribution in [1.29, 1.82) is 0 Å². The van der Waals surface area contributed by atoms with Crippen LogP contribution in [0.2, 0.25) is 0 Å². The lowest BCUT2D eigenvalue weighted by atomic mass is 10.1. The summed E-state index contributed by atoms with van der Waals surface area (Å²) < 4.78 is 28.3. The molecule has 1 amide bonds. The molecule has 110 valence electrons. The van der Waals surface area contributed by atoms with E-state index in [2.05, 4.69) is 10.1 Å². The SMILES string of the molecule is O=C(CCc1ccc(OC(F)F)cc1)NC1CCCC1. The zero-order valence-corrected chi connectivity index (χ0v) is 11.3. The van der Waals surface area contributed by atoms with Gasteiger partial charge in [-0.1, -0.05) is 25.0 Å². The second-order valence-electron chi connectivity index (χ2n) is 5.07. The van der Waals surface area contributed by atoms with Gasteiger partial charge in [0.25, 0.3) is 0 Å². The summed E-state index contributed by atoms with van der Waals surface area (Å²) in [4.78, 5) is 11.7. The van der Waals surface area contributed by atoms with Crippen molar-refractivity contribution < 1.29 is 18.3 Å². The van der Waals surface area contributed by atoms with Crippen molar-refractivity contribution in [2.24, 2.45) is 0 Å². The lowest BCUT2D eigenvalue weighted by Crippen LogP contribution is -2.32. The van der Waals surface area contributed by atoms with E-state index in [0.717, 1.165) is 18.4 Å². The van der Waals surface area contributed by atoms with Crippen molar-refractivity contribution in [3.8, 4) is 5.75 Å². The van der Waals surface area contributed by atoms with Gasteiger partial charge in [-0.3, -0.25) is 4.79 Å². The third-order valence-electron chi connectivity index (χ3n) is 3.51. The molecule has 1 aliphatic rings. The molecule has 0 unspecified atom stereocenters. The Hall–Kier alpha value is -1.65. The maximum absolute atomic E-state index is 12.0. The van der Waals surface area contributed by atoms with Gasteiger partial charge in [0.05, 0.1) is 0 Å². The number of carbonyl (C=O) groups excluding carboxylic acids is 1. The number of aryl methyl sites for hydroxylation is 1. The van der Waals surface area contributed by atoms with E-state index in [-0.39, 0.29) is 11.7 Å². The van der Waals surface area contributed by atoms with Crippen LogP contribution in [-0.2, 0) is 11.2 Å². The number of benzene rings is 1. The highest BCUT2D eigenvalue weighted by Crippen LogP contribution is 2.18. The Morgan fingerprint density at radius 1 is 1.25 bits per heavy atom. The fourth-order valence-electron chi connectivity index (χ4n) is 2.47. The van der Waals surface area contributed by atoms with Crippen molar-refractivity contribution in [2.75, 3.05) is 0 Å². The number of hydrogen-bond donors (Lipinski definition) is 1. The smallest absolute Gasteiger partial charge is 0.387 e. The monoisotopic (exact) mass is 283 g/mol. The van der Waals surface area contributed by atoms with Crippen LogP contribution in [0.3, 0.4) is 0 Å². The molecular weight excluding hydrogens is 264 g/mol. The lowest BCUT2D eigenvalue weighted by Gasteiger charge is -2.11. The van der Waals surface area contributed by atoms with Crippen LogP contribution < -0.4 is 10.1 Å². The van der Waals surface area contributed by atoms with E-state index in [1.54, 1.807) is 12.1 Å². The maximum Gasteiger partial charge on any atom is 0.387 e. The number of rotatable bonds is 6. The van der Waals surface area contributed by atoms with Gasteiger partial charge in [-0.05, 0) is 37.0 Å². The third kappa shape index (κ3) is 4.79. The maximum atomic E-state index is 12.0. The Labute approximate surface area is 117 Å². The van der Waals surface area contributed by atoms with E-state index < -0.39 is 6.61 Å². The summed E-state index contributed by atoms with van der Waals surface area (Å²) in [7, 11) is 0. The first kappa shape index (κ1) is 14.8. The molecule has 0 spiro atoms. The van der Waals surface area contributed by atoms with Gasteiger partial charge in [-0.25, -0.2) is 0 Å². The zero-order valence-electron chi connectivity index (χ0n) is 11.3. The molecule has 1 N–H and O–H groups in total. The van der Waals surface area contributed by atoms with Crippen LogP contribution in [-0.4, -0.2) is 18.6 Å². The highest BCUT2D eigenvalue weighted by atomic mass is 19.3. The van der Waals surface area contributed by atoms with Crippen LogP contribution in [0, 0.1) is 0 Å². The Morgan fingerprint density at radius 3 is 2.50 bits per heavy atom. The summed E-state index contributed by atoms with van der Waals surface area (Å²) in [6.07, 6.45) is 5.56. The molecule has 0 heterocycles. The highest BCUT2D eigenvalue weighted by Gasteiger charge is 2.16. The standard InChI is InChI=1S/C15H19F2NO2/c16-15(17)20-13-8-5-11(6-9-13)7-10-14(19)18-12-3-1-2-4-12/h5-6,8-9,12,15H,1-4,7,10H2,(H,18,19). The van der Waals surface area contributed by atoms with E-state index in [1.807, 2.05) is 0 Å². The number of alkyl halides is 2. The van der Waals surface area contributed by atoms with Gasteiger partial charge in [0.2, 0.25) is 5.91 Å². The first-order chi connectivity index (χ1) is 9.63. The minimum absolute atomic E-state index is 0.0600. The van der Waals surface area contributed by atoms with Crippen molar-refractivity contribution in [2.45, 2.75) is 51.2 Å². The number of nitrogens with one attached hydrogen (secondary N) is 1. The first-order valence-electron chi connectivity index (χ1n) is 6.96. The molecular formula is C15H19F2NO2. The van der Waals surface area contributed by atoms with Crippen LogP contribution in [0.4, 0.5) is 8.78 Å². The fraction of sp³-hybridized carbons (Fsp3) is 0.533. The molecule has 0 atom stereocenters. The van der Waals surface area contributed by atoms with Crippen molar-refractivity contribution in [3.63, 3.8) is 0 Å². The zero-order chi connectivity index (χ0) is 14.4. The van der Waals surface area contributed by atoms with Gasteiger partial charge in [-0.15, -0.1) is 0 Å². The van der Waals surface area contributed by atoms with Crippen LogP contribution in [0.1, 0.15) is 37.7 Å². The van der Waals surface area contributed by atoms with Crippen LogP contribution >= 0.6 is 0 Å². The highest BCUT2D eigenvalue weighted by molar-refractivity contribution is 5.76. The first-order valence-corrected chi connectivity index (χ1v) is 6.96. The molecule has 0 saturated heterocycles. The number of carbonyl (C=O) groups is 1. The number of hydrogen-bond acceptors (Lipinski definition) is 2. The number of ether oxygens (including phenoxy) is 1. The lowest BCUT2D eigenvalue weighted by molar-refractivity contribution is -0.121. The summed E-state index contributed by atoms with van der Waals surface area (Å²) in [6.45, 7) is -2.81. The van der Waals surface area contributed by atoms with E-state index >= 15 is 0 Å². The van der Waals surface area contributed by atoms with Crippen molar-refractivity contribution >= 4 is 5.91 Å². The van der Waals surface area contributed by atoms with Gasteiger partial charge in [-0.2, -0.15) is 8.78 Å². The molecule has 5 heteroatoms. The van der Waals surface area contributed by atoms with Crippen molar-refractivity contribution in [3.05, 3.63) is 29.8 Å². The summed E-state index contributed by atoms with van der Waals surface area (Å²) in [6, 6.07) is 6.75. The molecule has 1 saturated carbocycles. The van der Waals surface area contributed by atoms with Gasteiger partial charge in [0.1, 0.15) is 5.75 Å². The van der Waals surface area contributed by atoms with Crippen molar-refractivity contribution in [1.82, 2.24) is 5.32 Å². The van der Waals surface area contributed by atoms with E-state index in [0.29, 0.717) is 18.9 Å². The molecule has 1 aromatic rings. The summed E-state index contributed by atoms with van der Waals surface area (Å²) in [5.41, 5.74) is 0.938. The topological polar surface area (TPSA) is 38.3 Å². The number of amides is 1.